The molecule has 5 heteroatoms. The van der Waals surface area contributed by atoms with Crippen molar-refractivity contribution < 1.29 is 19.1 Å². The monoisotopic (exact) mass is 291 g/mol. The van der Waals surface area contributed by atoms with E-state index in [0.717, 1.165) is 5.56 Å². The Hall–Kier alpha value is -2.04. The Morgan fingerprint density at radius 3 is 2.33 bits per heavy atom. The minimum atomic E-state index is -0.586. The van der Waals surface area contributed by atoms with Gasteiger partial charge in [0, 0.05) is 0 Å². The van der Waals surface area contributed by atoms with Gasteiger partial charge in [0.15, 0.2) is 6.04 Å². The zero-order valence-corrected chi connectivity index (χ0v) is 12.8. The lowest BCUT2D eigenvalue weighted by Crippen LogP contribution is -2.29. The van der Waals surface area contributed by atoms with Crippen LogP contribution in [-0.2, 0) is 20.7 Å². The molecule has 0 bridgehead atoms. The van der Waals surface area contributed by atoms with Crippen LogP contribution in [0, 0.1) is 0 Å². The van der Waals surface area contributed by atoms with E-state index in [2.05, 4.69) is 0 Å². The van der Waals surface area contributed by atoms with Crippen molar-refractivity contribution in [2.75, 3.05) is 7.11 Å². The molecule has 0 radical (unpaired) electrons. The molecule has 1 aromatic carbocycles. The van der Waals surface area contributed by atoms with E-state index in [1.54, 1.807) is 20.8 Å². The van der Waals surface area contributed by atoms with Crippen LogP contribution in [0.1, 0.15) is 26.3 Å². The Morgan fingerprint density at radius 2 is 1.81 bits per heavy atom. The van der Waals surface area contributed by atoms with Gasteiger partial charge in [0.1, 0.15) is 5.60 Å². The maximum Gasteiger partial charge on any atom is 0.411 e. The molecular formula is C16H21NO4. The zero-order valence-electron chi connectivity index (χ0n) is 12.8. The van der Waals surface area contributed by atoms with Crippen LogP contribution in [0.4, 0.5) is 4.79 Å². The van der Waals surface area contributed by atoms with Gasteiger partial charge in [0.25, 0.3) is 0 Å². The molecule has 1 heterocycles. The molecule has 1 saturated heterocycles. The fourth-order valence-corrected chi connectivity index (χ4v) is 2.30. The van der Waals surface area contributed by atoms with Crippen LogP contribution >= 0.6 is 0 Å². The van der Waals surface area contributed by atoms with Crippen LogP contribution in [-0.4, -0.2) is 41.8 Å². The summed E-state index contributed by atoms with van der Waals surface area (Å²) in [6.45, 7) is 5.40. The summed E-state index contributed by atoms with van der Waals surface area (Å²) in [4.78, 5) is 25.4. The number of amides is 1. The molecule has 1 fully saturated rings. The van der Waals surface area contributed by atoms with Crippen molar-refractivity contribution in [1.29, 1.82) is 0 Å². The van der Waals surface area contributed by atoms with Crippen molar-refractivity contribution in [2.45, 2.75) is 44.9 Å². The van der Waals surface area contributed by atoms with Gasteiger partial charge in [-0.2, -0.15) is 0 Å². The normalized spacial score (nSPS) is 20.9. The smallest absolute Gasteiger partial charge is 0.411 e. The molecule has 0 unspecified atom stereocenters. The number of ether oxygens (including phenoxy) is 2. The maximum absolute atomic E-state index is 12.1. The fourth-order valence-electron chi connectivity index (χ4n) is 2.30. The van der Waals surface area contributed by atoms with E-state index in [4.69, 9.17) is 9.47 Å². The van der Waals surface area contributed by atoms with E-state index < -0.39 is 23.7 Å². The zero-order chi connectivity index (χ0) is 15.6. The second-order valence-corrected chi connectivity index (χ2v) is 6.11. The molecule has 1 aliphatic heterocycles. The van der Waals surface area contributed by atoms with E-state index in [1.807, 2.05) is 30.3 Å². The van der Waals surface area contributed by atoms with Gasteiger partial charge in [-0.05, 0) is 32.8 Å². The quantitative estimate of drug-likeness (QED) is 0.634. The topological polar surface area (TPSA) is 55.6 Å². The Labute approximate surface area is 124 Å². The van der Waals surface area contributed by atoms with Crippen LogP contribution < -0.4 is 0 Å². The SMILES string of the molecule is COC(=O)[C@H]1[C@@H](Cc2ccccc2)N1C(=O)OC(C)(C)C. The molecule has 2 rings (SSSR count). The molecule has 114 valence electrons. The van der Waals surface area contributed by atoms with Gasteiger partial charge in [-0.1, -0.05) is 30.3 Å². The average Bonchev–Trinajstić information content (AvgIpc) is 3.11. The Morgan fingerprint density at radius 1 is 1.19 bits per heavy atom. The molecule has 2 atom stereocenters. The predicted octanol–water partition coefficient (Wildman–Crippen LogP) is 2.39. The highest BCUT2D eigenvalue weighted by Crippen LogP contribution is 2.34. The van der Waals surface area contributed by atoms with E-state index in [1.165, 1.54) is 12.0 Å². The van der Waals surface area contributed by atoms with Crippen LogP contribution in [0.15, 0.2) is 30.3 Å². The standard InChI is InChI=1S/C16H21NO4/c1-16(2,3)21-15(19)17-12(13(17)14(18)20-4)10-11-8-6-5-7-9-11/h5-9,12-13H,10H2,1-4H3/t12-,13-,17?/m1/s1. The molecule has 1 amide bonds. The molecule has 0 saturated carbocycles. The summed E-state index contributed by atoms with van der Waals surface area (Å²) in [5.41, 5.74) is 0.486. The van der Waals surface area contributed by atoms with Gasteiger partial charge in [0.2, 0.25) is 0 Å². The van der Waals surface area contributed by atoms with E-state index >= 15 is 0 Å². The van der Waals surface area contributed by atoms with Gasteiger partial charge in [-0.3, -0.25) is 4.90 Å². The van der Waals surface area contributed by atoms with E-state index in [0.29, 0.717) is 6.42 Å². The summed E-state index contributed by atoms with van der Waals surface area (Å²) in [5, 5.41) is 0. The Bertz CT molecular complexity index is 521. The van der Waals surface area contributed by atoms with Crippen LogP contribution in [0.2, 0.25) is 0 Å². The molecule has 5 nitrogen and oxygen atoms in total. The first kappa shape index (κ1) is 15.4. The van der Waals surface area contributed by atoms with Crippen LogP contribution in [0.3, 0.4) is 0 Å². The minimum absolute atomic E-state index is 0.199. The number of hydrogen-bond acceptors (Lipinski definition) is 4. The molecule has 1 aliphatic rings. The lowest BCUT2D eigenvalue weighted by molar-refractivity contribution is -0.140. The van der Waals surface area contributed by atoms with Gasteiger partial charge < -0.3 is 9.47 Å². The third kappa shape index (κ3) is 3.74. The van der Waals surface area contributed by atoms with Crippen molar-refractivity contribution in [3.05, 3.63) is 35.9 Å². The molecule has 21 heavy (non-hydrogen) atoms. The summed E-state index contributed by atoms with van der Waals surface area (Å²) in [5.74, 6) is -0.401. The summed E-state index contributed by atoms with van der Waals surface area (Å²) in [6.07, 6.45) is 0.138. The largest absolute Gasteiger partial charge is 0.467 e. The number of esters is 1. The number of benzene rings is 1. The second-order valence-electron chi connectivity index (χ2n) is 6.11. The number of methoxy groups -OCH3 is 1. The highest BCUT2D eigenvalue weighted by Gasteiger charge is 2.57. The van der Waals surface area contributed by atoms with Crippen molar-refractivity contribution >= 4 is 12.1 Å². The first-order chi connectivity index (χ1) is 9.83. The van der Waals surface area contributed by atoms with E-state index in [-0.39, 0.29) is 6.04 Å². The summed E-state index contributed by atoms with van der Waals surface area (Å²) in [6, 6.07) is 8.99. The van der Waals surface area contributed by atoms with E-state index in [9.17, 15) is 9.59 Å². The Kier molecular flexibility index (Phi) is 4.21. The highest BCUT2D eigenvalue weighted by molar-refractivity contribution is 5.88. The van der Waals surface area contributed by atoms with Gasteiger partial charge in [-0.15, -0.1) is 0 Å². The molecule has 0 aromatic heterocycles. The van der Waals surface area contributed by atoms with Crippen molar-refractivity contribution in [2.24, 2.45) is 0 Å². The van der Waals surface area contributed by atoms with Crippen molar-refractivity contribution in [3.8, 4) is 0 Å². The molecule has 1 aromatic rings. The van der Waals surface area contributed by atoms with Gasteiger partial charge in [-0.25, -0.2) is 9.59 Å². The first-order valence-corrected chi connectivity index (χ1v) is 6.96. The van der Waals surface area contributed by atoms with Gasteiger partial charge >= 0.3 is 12.1 Å². The lowest BCUT2D eigenvalue weighted by atomic mass is 10.1. The summed E-state index contributed by atoms with van der Waals surface area (Å²) in [7, 11) is 1.33. The van der Waals surface area contributed by atoms with Crippen molar-refractivity contribution in [3.63, 3.8) is 0 Å². The van der Waals surface area contributed by atoms with Crippen molar-refractivity contribution in [1.82, 2.24) is 4.90 Å². The highest BCUT2D eigenvalue weighted by atomic mass is 16.6. The number of rotatable bonds is 3. The summed E-state index contributed by atoms with van der Waals surface area (Å²) >= 11 is 0. The summed E-state index contributed by atoms with van der Waals surface area (Å²) < 4.78 is 10.1. The lowest BCUT2D eigenvalue weighted by Gasteiger charge is -2.20. The fraction of sp³-hybridized carbons (Fsp3) is 0.500. The van der Waals surface area contributed by atoms with Gasteiger partial charge in [0.05, 0.1) is 13.2 Å². The minimum Gasteiger partial charge on any atom is -0.467 e. The van der Waals surface area contributed by atoms with Crippen LogP contribution in [0.25, 0.3) is 0 Å². The Balaban J connectivity index is 2.08. The first-order valence-electron chi connectivity index (χ1n) is 6.96. The molecular weight excluding hydrogens is 270 g/mol. The number of nitrogens with zero attached hydrogens (tertiary/aromatic N) is 1. The number of carbonyl (C=O) groups excluding carboxylic acids is 2. The third-order valence-corrected chi connectivity index (χ3v) is 3.27. The predicted molar refractivity (Wildman–Crippen MR) is 77.8 cm³/mol. The maximum atomic E-state index is 12.1. The molecule has 0 spiro atoms. The third-order valence-electron chi connectivity index (χ3n) is 3.27. The second kappa shape index (κ2) is 5.76. The molecule has 0 N–H and O–H groups in total. The number of carbonyl (C=O) groups is 2. The van der Waals surface area contributed by atoms with Crippen LogP contribution in [0.5, 0.6) is 0 Å². The average molecular weight is 291 g/mol. The number of hydrogen-bond donors (Lipinski definition) is 0. The molecule has 0 aliphatic carbocycles.